The standard InChI is InChI=1S/C30H20Cl2N2O6/c31-14-8-17-16(11-22(30(38)39)33-26(17)20(9-14)29(36)37)25-18-10-21(32)23(35)12-24(18)40-28-15-4-2-6-34-5-1-3-13(27(15)34)7-19(25)28/h7-12H,1-6H2,(H,36,37)(H,38,39). The van der Waals surface area contributed by atoms with Gasteiger partial charge in [0.15, 0.2) is 0 Å². The Morgan fingerprint density at radius 3 is 2.42 bits per heavy atom. The van der Waals surface area contributed by atoms with Crippen LogP contribution >= 0.6 is 23.2 Å². The summed E-state index contributed by atoms with van der Waals surface area (Å²) in [5.74, 6) is -2.31. The number of carboxylic acids is 2. The highest BCUT2D eigenvalue weighted by Gasteiger charge is 2.31. The number of pyridine rings is 1. The molecule has 3 aliphatic heterocycles. The Bertz CT molecular complexity index is 1980. The first-order chi connectivity index (χ1) is 19.2. The van der Waals surface area contributed by atoms with Gasteiger partial charge in [0.05, 0.1) is 16.1 Å². The number of fused-ring (bicyclic) bond motifs is 4. The van der Waals surface area contributed by atoms with E-state index in [0.717, 1.165) is 61.0 Å². The lowest BCUT2D eigenvalue weighted by Gasteiger charge is -2.37. The smallest absolute Gasteiger partial charge is 0.354 e. The van der Waals surface area contributed by atoms with E-state index in [0.29, 0.717) is 33.4 Å². The third kappa shape index (κ3) is 3.67. The van der Waals surface area contributed by atoms with Crippen molar-refractivity contribution in [2.75, 3.05) is 18.0 Å². The molecular formula is C30H20Cl2N2O6. The van der Waals surface area contributed by atoms with Crippen LogP contribution in [-0.2, 0) is 12.8 Å². The van der Waals surface area contributed by atoms with E-state index in [1.165, 1.54) is 24.3 Å². The molecular weight excluding hydrogens is 555 g/mol. The number of hydrogen-bond acceptors (Lipinski definition) is 6. The molecule has 2 aromatic carbocycles. The minimum Gasteiger partial charge on any atom is -0.478 e. The highest BCUT2D eigenvalue weighted by molar-refractivity contribution is 6.33. The van der Waals surface area contributed by atoms with Gasteiger partial charge in [0.25, 0.3) is 0 Å². The molecule has 0 fully saturated rings. The molecule has 0 unspecified atom stereocenters. The second kappa shape index (κ2) is 8.94. The van der Waals surface area contributed by atoms with Crippen LogP contribution in [0, 0.1) is 0 Å². The molecule has 0 saturated heterocycles. The van der Waals surface area contributed by atoms with Crippen LogP contribution in [-0.4, -0.2) is 40.2 Å². The van der Waals surface area contributed by atoms with Crippen LogP contribution in [0.25, 0.3) is 44.3 Å². The van der Waals surface area contributed by atoms with Gasteiger partial charge in [-0.25, -0.2) is 14.6 Å². The average molecular weight is 575 g/mol. The molecule has 0 atom stereocenters. The van der Waals surface area contributed by atoms with Gasteiger partial charge < -0.3 is 19.5 Å². The zero-order valence-electron chi connectivity index (χ0n) is 20.9. The number of anilines is 1. The number of rotatable bonds is 3. The van der Waals surface area contributed by atoms with E-state index < -0.39 is 17.4 Å². The van der Waals surface area contributed by atoms with Gasteiger partial charge in [-0.05, 0) is 67.1 Å². The number of aryl methyl sites for hydroxylation is 2. The Morgan fingerprint density at radius 2 is 1.68 bits per heavy atom. The van der Waals surface area contributed by atoms with E-state index in [1.807, 2.05) is 0 Å². The van der Waals surface area contributed by atoms with Crippen LogP contribution in [0.15, 0.2) is 45.6 Å². The summed E-state index contributed by atoms with van der Waals surface area (Å²) in [4.78, 5) is 43.6. The molecule has 0 spiro atoms. The van der Waals surface area contributed by atoms with E-state index in [-0.39, 0.29) is 26.8 Å². The first-order valence-electron chi connectivity index (χ1n) is 12.8. The van der Waals surface area contributed by atoms with Gasteiger partial charge in [-0.1, -0.05) is 23.2 Å². The lowest BCUT2D eigenvalue weighted by atomic mass is 9.85. The topological polar surface area (TPSA) is 121 Å². The van der Waals surface area contributed by atoms with Crippen molar-refractivity contribution in [3.05, 3.63) is 79.1 Å². The normalized spacial score (nSPS) is 14.6. The minimum atomic E-state index is -1.31. The summed E-state index contributed by atoms with van der Waals surface area (Å²) in [5.41, 5.74) is 4.50. The van der Waals surface area contributed by atoms with Crippen LogP contribution < -0.4 is 10.3 Å². The van der Waals surface area contributed by atoms with E-state index in [4.69, 9.17) is 27.6 Å². The fourth-order valence-electron chi connectivity index (χ4n) is 6.26. The molecule has 4 aliphatic rings. The SMILES string of the molecule is O=C(O)c1cc(-c2c3cc(Cl)c(=O)cc-3oc3c4c5c(cc23)CCCN5CCC4)c2cc(Cl)cc(C(=O)O)c2n1. The average Bonchev–Trinajstić information content (AvgIpc) is 2.92. The van der Waals surface area contributed by atoms with Crippen LogP contribution in [0.3, 0.4) is 0 Å². The first kappa shape index (κ1) is 24.9. The number of hydrogen-bond donors (Lipinski definition) is 2. The molecule has 4 heterocycles. The van der Waals surface area contributed by atoms with Crippen LogP contribution in [0.5, 0.6) is 0 Å². The molecule has 1 aromatic heterocycles. The summed E-state index contributed by atoms with van der Waals surface area (Å²) >= 11 is 12.7. The molecule has 0 radical (unpaired) electrons. The van der Waals surface area contributed by atoms with E-state index in [9.17, 15) is 24.6 Å². The third-order valence-electron chi connectivity index (χ3n) is 7.85. The molecule has 3 aromatic rings. The fourth-order valence-corrected chi connectivity index (χ4v) is 6.65. The number of aromatic carboxylic acids is 2. The highest BCUT2D eigenvalue weighted by atomic mass is 35.5. The molecule has 10 heteroatoms. The quantitative estimate of drug-likeness (QED) is 0.234. The van der Waals surface area contributed by atoms with Crippen LogP contribution in [0.1, 0.15) is 44.8 Å². The van der Waals surface area contributed by atoms with Gasteiger partial charge in [-0.3, -0.25) is 4.79 Å². The highest BCUT2D eigenvalue weighted by Crippen LogP contribution is 2.48. The van der Waals surface area contributed by atoms with Crippen molar-refractivity contribution in [3.8, 4) is 22.5 Å². The summed E-state index contributed by atoms with van der Waals surface area (Å²) < 4.78 is 6.45. The van der Waals surface area contributed by atoms with Crippen LogP contribution in [0.4, 0.5) is 5.69 Å². The molecule has 0 bridgehead atoms. The van der Waals surface area contributed by atoms with Gasteiger partial charge in [0.2, 0.25) is 5.43 Å². The zero-order valence-corrected chi connectivity index (χ0v) is 22.4. The first-order valence-corrected chi connectivity index (χ1v) is 13.6. The number of halogens is 2. The number of aromatic nitrogens is 1. The summed E-state index contributed by atoms with van der Waals surface area (Å²) in [6, 6.07) is 9.16. The molecule has 7 rings (SSSR count). The Labute approximate surface area is 236 Å². The maximum atomic E-state index is 12.6. The van der Waals surface area contributed by atoms with Crippen molar-refractivity contribution in [1.82, 2.24) is 4.98 Å². The van der Waals surface area contributed by atoms with Gasteiger partial charge in [-0.2, -0.15) is 0 Å². The number of benzene rings is 3. The van der Waals surface area contributed by atoms with E-state index >= 15 is 0 Å². The molecule has 200 valence electrons. The van der Waals surface area contributed by atoms with Crippen molar-refractivity contribution in [3.63, 3.8) is 0 Å². The van der Waals surface area contributed by atoms with Crippen LogP contribution in [0.2, 0.25) is 10.0 Å². The Kier molecular flexibility index (Phi) is 5.56. The molecule has 40 heavy (non-hydrogen) atoms. The van der Waals surface area contributed by atoms with Crippen molar-refractivity contribution in [2.45, 2.75) is 25.7 Å². The maximum Gasteiger partial charge on any atom is 0.354 e. The van der Waals surface area contributed by atoms with Gasteiger partial charge in [-0.15, -0.1) is 0 Å². The number of carbonyl (C=O) groups is 2. The lowest BCUT2D eigenvalue weighted by molar-refractivity contribution is 0.0680. The van der Waals surface area contributed by atoms with Gasteiger partial charge >= 0.3 is 11.9 Å². The Morgan fingerprint density at radius 1 is 0.900 bits per heavy atom. The Hall–Kier alpha value is -4.14. The van der Waals surface area contributed by atoms with Crippen molar-refractivity contribution >= 4 is 62.7 Å². The van der Waals surface area contributed by atoms with E-state index in [1.54, 1.807) is 6.07 Å². The molecule has 1 aliphatic carbocycles. The Balaban J connectivity index is 1.72. The summed E-state index contributed by atoms with van der Waals surface area (Å²) in [6.45, 7) is 1.92. The number of nitrogens with zero attached hydrogens (tertiary/aromatic N) is 2. The zero-order chi connectivity index (χ0) is 27.9. The predicted octanol–water partition coefficient (Wildman–Crippen LogP) is 6.52. The molecule has 8 nitrogen and oxygen atoms in total. The van der Waals surface area contributed by atoms with Gasteiger partial charge in [0.1, 0.15) is 17.0 Å². The third-order valence-corrected chi connectivity index (χ3v) is 8.37. The summed E-state index contributed by atoms with van der Waals surface area (Å²) in [5, 5.41) is 21.1. The second-order valence-corrected chi connectivity index (χ2v) is 11.0. The summed E-state index contributed by atoms with van der Waals surface area (Å²) in [7, 11) is 0. The van der Waals surface area contributed by atoms with Crippen molar-refractivity contribution in [1.29, 1.82) is 0 Å². The predicted molar refractivity (Wildman–Crippen MR) is 153 cm³/mol. The number of carboxylic acid groups (broad SMARTS) is 2. The maximum absolute atomic E-state index is 12.6. The van der Waals surface area contributed by atoms with E-state index in [2.05, 4.69) is 16.0 Å². The van der Waals surface area contributed by atoms with Gasteiger partial charge in [0, 0.05) is 57.3 Å². The fraction of sp³-hybridized carbons (Fsp3) is 0.200. The van der Waals surface area contributed by atoms with Crippen molar-refractivity contribution < 1.29 is 24.2 Å². The second-order valence-electron chi connectivity index (χ2n) is 10.2. The largest absolute Gasteiger partial charge is 0.478 e. The lowest BCUT2D eigenvalue weighted by Crippen LogP contribution is -2.34. The minimum absolute atomic E-state index is 0.00842. The van der Waals surface area contributed by atoms with Crippen molar-refractivity contribution in [2.24, 2.45) is 0 Å². The molecule has 0 amide bonds. The monoisotopic (exact) mass is 574 g/mol. The molecule has 0 saturated carbocycles. The summed E-state index contributed by atoms with van der Waals surface area (Å²) in [6.07, 6.45) is 3.61. The molecule has 2 N–H and O–H groups in total.